The Morgan fingerprint density at radius 3 is 2.50 bits per heavy atom. The van der Waals surface area contributed by atoms with Crippen molar-refractivity contribution in [3.8, 4) is 5.75 Å². The summed E-state index contributed by atoms with van der Waals surface area (Å²) in [5, 5.41) is 4.33. The quantitative estimate of drug-likeness (QED) is 0.302. The Morgan fingerprint density at radius 1 is 1.03 bits per heavy atom. The highest BCUT2D eigenvalue weighted by Gasteiger charge is 2.26. The summed E-state index contributed by atoms with van der Waals surface area (Å²) in [5.41, 5.74) is 1.71. The fourth-order valence-electron chi connectivity index (χ4n) is 3.39. The lowest BCUT2D eigenvalue weighted by Crippen LogP contribution is -2.27. The number of anilines is 2. The van der Waals surface area contributed by atoms with Gasteiger partial charge in [0.2, 0.25) is 0 Å². The van der Waals surface area contributed by atoms with Crippen molar-refractivity contribution in [2.45, 2.75) is 11.8 Å². The maximum Gasteiger partial charge on any atom is 0.267 e. The standard InChI is InChI=1S/C24H20Cl2N2O4S2/c1-14-4-8-20(32-3)23(10-14)34(30,31)28(2)17-6-9-21-15(11-17)12-22(33-21)24(29)27-19-7-5-16(25)13-18(19)26/h4-13H,1-3H3,(H,27,29). The third kappa shape index (κ3) is 4.72. The molecule has 0 atom stereocenters. The Labute approximate surface area is 211 Å². The minimum absolute atomic E-state index is 0.0859. The van der Waals surface area contributed by atoms with Gasteiger partial charge in [0.15, 0.2) is 0 Å². The maximum atomic E-state index is 13.3. The van der Waals surface area contributed by atoms with Gasteiger partial charge in [0.1, 0.15) is 10.6 Å². The number of nitrogens with zero attached hydrogens (tertiary/aromatic N) is 1. The van der Waals surface area contributed by atoms with Crippen LogP contribution < -0.4 is 14.4 Å². The number of thiophene rings is 1. The number of sulfonamides is 1. The summed E-state index contributed by atoms with van der Waals surface area (Å²) in [5.74, 6) is -0.0497. The number of hydrogen-bond donors (Lipinski definition) is 1. The first kappa shape index (κ1) is 24.3. The number of nitrogens with one attached hydrogen (secondary N) is 1. The molecular weight excluding hydrogens is 515 g/mol. The van der Waals surface area contributed by atoms with Gasteiger partial charge in [-0.3, -0.25) is 9.10 Å². The number of methoxy groups -OCH3 is 1. The smallest absolute Gasteiger partial charge is 0.267 e. The van der Waals surface area contributed by atoms with Crippen molar-refractivity contribution >= 4 is 71.9 Å². The second-order valence-corrected chi connectivity index (χ2v) is 11.4. The topological polar surface area (TPSA) is 75.7 Å². The molecule has 4 aromatic rings. The Hall–Kier alpha value is -2.78. The van der Waals surface area contributed by atoms with Crippen LogP contribution >= 0.6 is 34.5 Å². The van der Waals surface area contributed by atoms with Crippen LogP contribution in [0.5, 0.6) is 5.75 Å². The van der Waals surface area contributed by atoms with E-state index < -0.39 is 10.0 Å². The highest BCUT2D eigenvalue weighted by atomic mass is 35.5. The number of carbonyl (C=O) groups is 1. The van der Waals surface area contributed by atoms with E-state index in [1.165, 1.54) is 29.8 Å². The van der Waals surface area contributed by atoms with Gasteiger partial charge in [0, 0.05) is 16.8 Å². The van der Waals surface area contributed by atoms with Gasteiger partial charge in [-0.2, -0.15) is 0 Å². The van der Waals surface area contributed by atoms with E-state index in [0.29, 0.717) is 26.3 Å². The summed E-state index contributed by atoms with van der Waals surface area (Å²) in [7, 11) is -0.955. The van der Waals surface area contributed by atoms with Gasteiger partial charge >= 0.3 is 0 Å². The number of rotatable bonds is 6. The van der Waals surface area contributed by atoms with Gasteiger partial charge in [-0.25, -0.2) is 8.42 Å². The van der Waals surface area contributed by atoms with Crippen LogP contribution in [0.25, 0.3) is 10.1 Å². The predicted molar refractivity (Wildman–Crippen MR) is 140 cm³/mol. The molecule has 1 amide bonds. The van der Waals surface area contributed by atoms with Crippen molar-refractivity contribution < 1.29 is 17.9 Å². The molecule has 0 aliphatic heterocycles. The van der Waals surface area contributed by atoms with Crippen molar-refractivity contribution in [3.05, 3.63) is 81.1 Å². The highest BCUT2D eigenvalue weighted by molar-refractivity contribution is 7.93. The average molecular weight is 535 g/mol. The predicted octanol–water partition coefficient (Wildman–Crippen LogP) is 6.60. The number of aryl methyl sites for hydroxylation is 1. The molecule has 0 saturated carbocycles. The molecule has 176 valence electrons. The summed E-state index contributed by atoms with van der Waals surface area (Å²) < 4.78 is 34.0. The molecule has 0 spiro atoms. The Bertz CT molecular complexity index is 1520. The second-order valence-electron chi connectivity index (χ2n) is 7.54. The summed E-state index contributed by atoms with van der Waals surface area (Å²) in [6.45, 7) is 1.82. The van der Waals surface area contributed by atoms with E-state index >= 15 is 0 Å². The van der Waals surface area contributed by atoms with Crippen LogP contribution in [0, 0.1) is 6.92 Å². The van der Waals surface area contributed by atoms with Crippen LogP contribution in [0.15, 0.2) is 65.6 Å². The van der Waals surface area contributed by atoms with Crippen LogP contribution in [0.4, 0.5) is 11.4 Å². The van der Waals surface area contributed by atoms with E-state index in [1.807, 2.05) is 6.92 Å². The number of fused-ring (bicyclic) bond motifs is 1. The number of halogens is 2. The summed E-state index contributed by atoms with van der Waals surface area (Å²) >= 11 is 13.4. The lowest BCUT2D eigenvalue weighted by Gasteiger charge is -2.21. The van der Waals surface area contributed by atoms with E-state index in [9.17, 15) is 13.2 Å². The minimum atomic E-state index is -3.88. The van der Waals surface area contributed by atoms with E-state index in [1.54, 1.807) is 60.7 Å². The molecule has 0 fully saturated rings. The summed E-state index contributed by atoms with van der Waals surface area (Å²) in [6, 6.07) is 16.8. The third-order valence-corrected chi connectivity index (χ3v) is 8.69. The number of hydrogen-bond acceptors (Lipinski definition) is 5. The molecular formula is C24H20Cl2N2O4S2. The normalized spacial score (nSPS) is 11.4. The molecule has 6 nitrogen and oxygen atoms in total. The van der Waals surface area contributed by atoms with Gasteiger partial charge < -0.3 is 10.1 Å². The van der Waals surface area contributed by atoms with Crippen molar-refractivity contribution in [2.75, 3.05) is 23.8 Å². The zero-order valence-corrected chi connectivity index (χ0v) is 21.6. The van der Waals surface area contributed by atoms with Crippen molar-refractivity contribution in [1.82, 2.24) is 0 Å². The van der Waals surface area contributed by atoms with Crippen molar-refractivity contribution in [2.24, 2.45) is 0 Å². The van der Waals surface area contributed by atoms with Gasteiger partial charge in [-0.1, -0.05) is 29.3 Å². The highest BCUT2D eigenvalue weighted by Crippen LogP contribution is 2.34. The molecule has 0 bridgehead atoms. The first-order valence-corrected chi connectivity index (χ1v) is 13.0. The van der Waals surface area contributed by atoms with Gasteiger partial charge in [0.25, 0.3) is 15.9 Å². The molecule has 3 aromatic carbocycles. The number of ether oxygens (including phenoxy) is 1. The lowest BCUT2D eigenvalue weighted by molar-refractivity contribution is 0.103. The minimum Gasteiger partial charge on any atom is -0.495 e. The summed E-state index contributed by atoms with van der Waals surface area (Å²) in [4.78, 5) is 13.3. The Kier molecular flexibility index (Phi) is 6.78. The van der Waals surface area contributed by atoms with E-state index in [-0.39, 0.29) is 16.6 Å². The fraction of sp³-hybridized carbons (Fsp3) is 0.125. The first-order valence-electron chi connectivity index (χ1n) is 10.0. The zero-order chi connectivity index (χ0) is 24.6. The monoisotopic (exact) mass is 534 g/mol. The SMILES string of the molecule is COc1ccc(C)cc1S(=O)(=O)N(C)c1ccc2sc(C(=O)Nc3ccc(Cl)cc3Cl)cc2c1. The van der Waals surface area contributed by atoms with Crippen LogP contribution in [-0.2, 0) is 10.0 Å². The fourth-order valence-corrected chi connectivity index (χ4v) is 6.21. The van der Waals surface area contributed by atoms with Crippen LogP contribution in [0.1, 0.15) is 15.2 Å². The molecule has 34 heavy (non-hydrogen) atoms. The van der Waals surface area contributed by atoms with Gasteiger partial charge in [-0.05, 0) is 72.5 Å². The molecule has 1 N–H and O–H groups in total. The molecule has 1 aromatic heterocycles. The van der Waals surface area contributed by atoms with E-state index in [0.717, 1.165) is 15.6 Å². The Balaban J connectivity index is 1.64. The van der Waals surface area contributed by atoms with Gasteiger partial charge in [-0.15, -0.1) is 11.3 Å². The molecule has 4 rings (SSSR count). The van der Waals surface area contributed by atoms with Crippen LogP contribution in [0.2, 0.25) is 10.0 Å². The van der Waals surface area contributed by atoms with Crippen LogP contribution in [-0.4, -0.2) is 28.5 Å². The Morgan fingerprint density at radius 2 is 1.79 bits per heavy atom. The first-order chi connectivity index (χ1) is 16.1. The van der Waals surface area contributed by atoms with Crippen LogP contribution in [0.3, 0.4) is 0 Å². The van der Waals surface area contributed by atoms with E-state index in [4.69, 9.17) is 27.9 Å². The lowest BCUT2D eigenvalue weighted by atomic mass is 10.2. The largest absolute Gasteiger partial charge is 0.495 e. The number of amides is 1. The molecule has 10 heteroatoms. The molecule has 0 aliphatic carbocycles. The molecule has 0 unspecified atom stereocenters. The molecule has 1 heterocycles. The average Bonchev–Trinajstić information content (AvgIpc) is 3.24. The molecule has 0 aliphatic rings. The van der Waals surface area contributed by atoms with E-state index in [2.05, 4.69) is 5.32 Å². The second kappa shape index (κ2) is 9.46. The summed E-state index contributed by atoms with van der Waals surface area (Å²) in [6.07, 6.45) is 0. The molecule has 0 saturated heterocycles. The number of carbonyl (C=O) groups excluding carboxylic acids is 1. The third-order valence-electron chi connectivity index (χ3n) is 5.22. The number of benzene rings is 3. The van der Waals surface area contributed by atoms with Gasteiger partial charge in [0.05, 0.1) is 28.4 Å². The van der Waals surface area contributed by atoms with Crippen molar-refractivity contribution in [3.63, 3.8) is 0 Å². The molecule has 0 radical (unpaired) electrons. The van der Waals surface area contributed by atoms with Crippen molar-refractivity contribution in [1.29, 1.82) is 0 Å². The maximum absolute atomic E-state index is 13.3. The zero-order valence-electron chi connectivity index (χ0n) is 18.4.